The first-order valence-electron chi connectivity index (χ1n) is 7.34. The summed E-state index contributed by atoms with van der Waals surface area (Å²) in [6, 6.07) is 4.45. The van der Waals surface area contributed by atoms with Crippen molar-refractivity contribution >= 4 is 65.5 Å². The minimum absolute atomic E-state index is 0.241. The van der Waals surface area contributed by atoms with Gasteiger partial charge in [0.15, 0.2) is 0 Å². The number of nitrogens with one attached hydrogen (secondary N) is 1. The molecule has 124 valence electrons. The average Bonchev–Trinajstić information content (AvgIpc) is 2.58. The van der Waals surface area contributed by atoms with Crippen molar-refractivity contribution in [1.82, 2.24) is 5.32 Å². The molecule has 4 nitrogen and oxygen atoms in total. The zero-order valence-electron chi connectivity index (χ0n) is 12.4. The van der Waals surface area contributed by atoms with Crippen LogP contribution in [0.5, 0.6) is 0 Å². The predicted molar refractivity (Wildman–Crippen MR) is 103 cm³/mol. The molecular weight excluding hydrogens is 510 g/mol. The highest BCUT2D eigenvalue weighted by atomic mass is 79.9. The van der Waals surface area contributed by atoms with Gasteiger partial charge in [-0.1, -0.05) is 67.1 Å². The molecule has 0 radical (unpaired) electrons. The molecule has 2 aliphatic rings. The summed E-state index contributed by atoms with van der Waals surface area (Å²) in [7, 11) is 0. The van der Waals surface area contributed by atoms with Crippen LogP contribution in [0.1, 0.15) is 32.1 Å². The van der Waals surface area contributed by atoms with E-state index in [1.165, 1.54) is 11.8 Å². The fourth-order valence-corrected chi connectivity index (χ4v) is 5.89. The van der Waals surface area contributed by atoms with Gasteiger partial charge in [-0.05, 0) is 12.8 Å². The maximum atomic E-state index is 12.6. The quantitative estimate of drug-likeness (QED) is 0.554. The van der Waals surface area contributed by atoms with Crippen LogP contribution in [0.25, 0.3) is 0 Å². The van der Waals surface area contributed by atoms with Crippen molar-refractivity contribution in [2.75, 3.05) is 11.1 Å². The molecule has 0 aromatic heterocycles. The van der Waals surface area contributed by atoms with E-state index in [4.69, 9.17) is 0 Å². The molecule has 23 heavy (non-hydrogen) atoms. The number of carbonyl (C=O) groups excluding carboxylic acids is 1. The zero-order chi connectivity index (χ0) is 17.1. The van der Waals surface area contributed by atoms with Crippen LogP contribution in [-0.4, -0.2) is 26.1 Å². The molecule has 0 saturated heterocycles. The topological polar surface area (TPSA) is 76.7 Å². The van der Waals surface area contributed by atoms with Crippen LogP contribution in [0.2, 0.25) is 0 Å². The summed E-state index contributed by atoms with van der Waals surface area (Å²) in [5.74, 6) is 0.373. The lowest BCUT2D eigenvalue weighted by Gasteiger charge is -2.47. The third-order valence-electron chi connectivity index (χ3n) is 4.45. The Bertz CT molecular complexity index is 604. The number of amides is 1. The van der Waals surface area contributed by atoms with E-state index in [0.717, 1.165) is 30.3 Å². The van der Waals surface area contributed by atoms with Crippen molar-refractivity contribution in [1.29, 1.82) is 10.5 Å². The monoisotopic (exact) mass is 523 g/mol. The maximum absolute atomic E-state index is 12.6. The fourth-order valence-electron chi connectivity index (χ4n) is 3.25. The first kappa shape index (κ1) is 19.3. The van der Waals surface area contributed by atoms with Gasteiger partial charge in [0, 0.05) is 21.3 Å². The van der Waals surface area contributed by atoms with E-state index in [2.05, 4.69) is 65.2 Å². The van der Waals surface area contributed by atoms with E-state index in [1.54, 1.807) is 0 Å². The van der Waals surface area contributed by atoms with Gasteiger partial charge in [0.1, 0.15) is 0 Å². The van der Waals surface area contributed by atoms with Gasteiger partial charge in [-0.2, -0.15) is 10.5 Å². The van der Waals surface area contributed by atoms with Gasteiger partial charge in [0.05, 0.1) is 22.7 Å². The molecule has 0 bridgehead atoms. The minimum Gasteiger partial charge on any atom is -0.318 e. The van der Waals surface area contributed by atoms with E-state index in [0.29, 0.717) is 23.4 Å². The summed E-state index contributed by atoms with van der Waals surface area (Å²) in [5.41, 5.74) is -0.176. The van der Waals surface area contributed by atoms with Gasteiger partial charge in [0.2, 0.25) is 4.32 Å². The largest absolute Gasteiger partial charge is 0.318 e. The number of carbonyl (C=O) groups is 1. The predicted octanol–water partition coefficient (Wildman–Crippen LogP) is 4.35. The Morgan fingerprint density at radius 1 is 1.30 bits per heavy atom. The lowest BCUT2D eigenvalue weighted by molar-refractivity contribution is -0.124. The maximum Gasteiger partial charge on any atom is 0.257 e. The van der Waals surface area contributed by atoms with Crippen LogP contribution in [-0.2, 0) is 4.79 Å². The number of allylic oxidation sites excluding steroid dienone is 1. The summed E-state index contributed by atoms with van der Waals surface area (Å²) in [6.07, 6.45) is 4.29. The van der Waals surface area contributed by atoms with Crippen LogP contribution in [0, 0.1) is 28.1 Å². The Hall–Kier alpha value is -0.0200. The summed E-state index contributed by atoms with van der Waals surface area (Å²) in [5, 5.41) is 23.7. The van der Waals surface area contributed by atoms with Crippen molar-refractivity contribution in [2.45, 2.75) is 41.3 Å². The van der Waals surface area contributed by atoms with Gasteiger partial charge >= 0.3 is 0 Å². The Labute approximate surface area is 165 Å². The number of hydrogen-bond donors (Lipinski definition) is 1. The van der Waals surface area contributed by atoms with Gasteiger partial charge in [-0.25, -0.2) is 0 Å². The van der Waals surface area contributed by atoms with Gasteiger partial charge in [0.25, 0.3) is 5.91 Å². The normalized spacial score (nSPS) is 28.0. The second kappa shape index (κ2) is 7.91. The second-order valence-electron chi connectivity index (χ2n) is 5.75. The molecule has 1 amide bonds. The smallest absolute Gasteiger partial charge is 0.257 e. The molecule has 1 aliphatic heterocycles. The van der Waals surface area contributed by atoms with Crippen LogP contribution < -0.4 is 5.32 Å². The lowest BCUT2D eigenvalue weighted by atomic mass is 9.61. The van der Waals surface area contributed by atoms with Crippen molar-refractivity contribution in [3.8, 4) is 12.1 Å². The summed E-state index contributed by atoms with van der Waals surface area (Å²) >= 11 is 11.8. The minimum atomic E-state index is -1.36. The van der Waals surface area contributed by atoms with Crippen LogP contribution in [0.15, 0.2) is 10.6 Å². The van der Waals surface area contributed by atoms with E-state index >= 15 is 0 Å². The first-order valence-corrected chi connectivity index (χ1v) is 11.2. The number of hydrogen-bond acceptors (Lipinski definition) is 4. The highest BCUT2D eigenvalue weighted by Crippen LogP contribution is 2.57. The van der Waals surface area contributed by atoms with E-state index in [9.17, 15) is 15.3 Å². The first-order chi connectivity index (χ1) is 10.9. The SMILES string of the molecule is N#CC1=C(SC[C@@H](Br)CBr)NC(=O)[C@@](Br)(C#N)C12CCCCC2. The number of thioether (sulfide) groups is 1. The molecule has 0 aromatic carbocycles. The average molecular weight is 526 g/mol. The van der Waals surface area contributed by atoms with E-state index in [1.807, 2.05) is 0 Å². The second-order valence-corrected chi connectivity index (χ2v) is 9.91. The Morgan fingerprint density at radius 3 is 2.48 bits per heavy atom. The van der Waals surface area contributed by atoms with Crippen LogP contribution in [0.4, 0.5) is 0 Å². The summed E-state index contributed by atoms with van der Waals surface area (Å²) in [6.45, 7) is 0. The van der Waals surface area contributed by atoms with Crippen molar-refractivity contribution in [3.63, 3.8) is 0 Å². The third-order valence-corrected chi connectivity index (χ3v) is 9.64. The van der Waals surface area contributed by atoms with Crippen molar-refractivity contribution in [2.24, 2.45) is 5.41 Å². The Balaban J connectivity index is 2.49. The molecule has 1 heterocycles. The van der Waals surface area contributed by atoms with E-state index in [-0.39, 0.29) is 10.7 Å². The standard InChI is InChI=1S/C15H16Br3N3OS/c16-6-10(17)8-23-12-11(7-19)14(4-2-1-3-5-14)15(18,9-20)13(22)21-12/h10H,1-6,8H2,(H,21,22)/t10-,15-/m0/s1. The highest BCUT2D eigenvalue weighted by molar-refractivity contribution is 9.12. The molecule has 1 saturated carbocycles. The molecule has 8 heteroatoms. The summed E-state index contributed by atoms with van der Waals surface area (Å²) in [4.78, 5) is 12.9. The highest BCUT2D eigenvalue weighted by Gasteiger charge is 2.61. The molecule has 1 aliphatic carbocycles. The Morgan fingerprint density at radius 2 is 1.96 bits per heavy atom. The number of rotatable bonds is 4. The molecule has 0 aromatic rings. The summed E-state index contributed by atoms with van der Waals surface area (Å²) < 4.78 is -1.36. The molecule has 2 rings (SSSR count). The number of nitriles is 2. The molecule has 1 fully saturated rings. The fraction of sp³-hybridized carbons (Fsp3) is 0.667. The Kier molecular flexibility index (Phi) is 6.64. The zero-order valence-corrected chi connectivity index (χ0v) is 17.9. The van der Waals surface area contributed by atoms with E-state index < -0.39 is 9.74 Å². The van der Waals surface area contributed by atoms with Gasteiger partial charge in [-0.15, -0.1) is 11.8 Å². The van der Waals surface area contributed by atoms with Gasteiger partial charge in [-0.3, -0.25) is 4.79 Å². The van der Waals surface area contributed by atoms with Crippen molar-refractivity contribution in [3.05, 3.63) is 10.6 Å². The van der Waals surface area contributed by atoms with Crippen LogP contribution >= 0.6 is 59.6 Å². The van der Waals surface area contributed by atoms with Crippen LogP contribution in [0.3, 0.4) is 0 Å². The number of alkyl halides is 3. The molecule has 0 unspecified atom stereocenters. The van der Waals surface area contributed by atoms with Gasteiger partial charge < -0.3 is 5.32 Å². The van der Waals surface area contributed by atoms with Crippen molar-refractivity contribution < 1.29 is 4.79 Å². The number of halogens is 3. The lowest BCUT2D eigenvalue weighted by Crippen LogP contribution is -2.58. The number of nitrogens with zero attached hydrogens (tertiary/aromatic N) is 2. The molecule has 1 N–H and O–H groups in total. The third kappa shape index (κ3) is 3.38. The molecular formula is C15H16Br3N3OS. The molecule has 2 atom stereocenters. The molecule has 1 spiro atoms.